The second-order valence-corrected chi connectivity index (χ2v) is 6.06. The maximum atomic E-state index is 8.36. The third-order valence-corrected chi connectivity index (χ3v) is 4.22. The molecular weight excluding hydrogens is 368 g/mol. The Morgan fingerprint density at radius 1 is 1.07 bits per heavy atom. The van der Waals surface area contributed by atoms with Crippen LogP contribution < -0.4 is 0 Å². The molecule has 2 aromatic heterocycles. The number of aromatic nitrogens is 3. The average Bonchev–Trinajstić information content (AvgIpc) is 3.18. The summed E-state index contributed by atoms with van der Waals surface area (Å²) in [6.45, 7) is 0. The fraction of sp³-hybridized carbons (Fsp3) is 0.0526. The van der Waals surface area contributed by atoms with Gasteiger partial charge in [-0.15, -0.1) is 10.1 Å². The quantitative estimate of drug-likeness (QED) is 0.419. The molecule has 4 rings (SSSR count). The first-order valence-corrected chi connectivity index (χ1v) is 8.34. The summed E-state index contributed by atoms with van der Waals surface area (Å²) < 4.78 is 2.07. The van der Waals surface area contributed by atoms with Crippen LogP contribution >= 0.6 is 11.6 Å². The van der Waals surface area contributed by atoms with E-state index < -0.39 is 5.09 Å². The van der Waals surface area contributed by atoms with Crippen LogP contribution in [-0.4, -0.2) is 24.8 Å². The molecule has 27 heavy (non-hydrogen) atoms. The number of benzene rings is 2. The summed E-state index contributed by atoms with van der Waals surface area (Å²) in [6.07, 6.45) is 7.43. The van der Waals surface area contributed by atoms with Gasteiger partial charge in [-0.25, -0.2) is 4.98 Å². The van der Waals surface area contributed by atoms with Gasteiger partial charge in [-0.2, -0.15) is 0 Å². The normalized spacial score (nSPS) is 11.4. The molecule has 0 spiro atoms. The Balaban J connectivity index is 0.000000481. The van der Waals surface area contributed by atoms with E-state index in [2.05, 4.69) is 26.7 Å². The van der Waals surface area contributed by atoms with Gasteiger partial charge in [0.1, 0.15) is 6.04 Å². The molecular formula is C19H15ClN4O3. The van der Waals surface area contributed by atoms with Crippen LogP contribution in [0.3, 0.4) is 0 Å². The SMILES string of the molecule is Clc1ccc(C(c2nccc3ccccc23)n2ccnc2)cc1.O=[N+]([O-])O. The number of nitrogens with zero attached hydrogens (tertiary/aromatic N) is 4. The topological polar surface area (TPSA) is 94.1 Å². The monoisotopic (exact) mass is 382 g/mol. The molecule has 0 aliphatic carbocycles. The highest BCUT2D eigenvalue weighted by atomic mass is 35.5. The molecule has 0 aliphatic rings. The zero-order valence-electron chi connectivity index (χ0n) is 14.0. The van der Waals surface area contributed by atoms with Gasteiger partial charge in [-0.05, 0) is 29.1 Å². The third-order valence-electron chi connectivity index (χ3n) is 3.97. The van der Waals surface area contributed by atoms with Crippen molar-refractivity contribution in [3.05, 3.63) is 106 Å². The molecule has 1 unspecified atom stereocenters. The first-order chi connectivity index (χ1) is 13.1. The van der Waals surface area contributed by atoms with Crippen molar-refractivity contribution in [2.75, 3.05) is 0 Å². The number of pyridine rings is 1. The van der Waals surface area contributed by atoms with Gasteiger partial charge in [0.15, 0.2) is 0 Å². The molecule has 1 atom stereocenters. The molecule has 2 heterocycles. The molecule has 0 aliphatic heterocycles. The van der Waals surface area contributed by atoms with Crippen LogP contribution in [0.5, 0.6) is 0 Å². The van der Waals surface area contributed by atoms with Crippen molar-refractivity contribution in [3.8, 4) is 0 Å². The van der Waals surface area contributed by atoms with Crippen LogP contribution in [0.4, 0.5) is 0 Å². The van der Waals surface area contributed by atoms with Crippen molar-refractivity contribution < 1.29 is 10.3 Å². The maximum Gasteiger partial charge on any atom is 0.291 e. The van der Waals surface area contributed by atoms with Crippen LogP contribution in [-0.2, 0) is 0 Å². The first-order valence-electron chi connectivity index (χ1n) is 7.96. The molecule has 136 valence electrons. The van der Waals surface area contributed by atoms with E-state index in [1.165, 1.54) is 5.39 Å². The second kappa shape index (κ2) is 8.29. The summed E-state index contributed by atoms with van der Waals surface area (Å²) in [5.74, 6) is 0. The predicted molar refractivity (Wildman–Crippen MR) is 101 cm³/mol. The van der Waals surface area contributed by atoms with E-state index in [4.69, 9.17) is 26.9 Å². The largest absolute Gasteiger partial charge is 0.328 e. The Hall–Kier alpha value is -3.45. The highest BCUT2D eigenvalue weighted by Crippen LogP contribution is 2.31. The van der Waals surface area contributed by atoms with Crippen molar-refractivity contribution in [2.24, 2.45) is 0 Å². The third kappa shape index (κ3) is 4.39. The van der Waals surface area contributed by atoms with Crippen molar-refractivity contribution in [1.82, 2.24) is 14.5 Å². The molecule has 0 bridgehead atoms. The van der Waals surface area contributed by atoms with Gasteiger partial charge in [0.2, 0.25) is 0 Å². The Bertz CT molecular complexity index is 1030. The fourth-order valence-electron chi connectivity index (χ4n) is 2.90. The van der Waals surface area contributed by atoms with Gasteiger partial charge in [0.05, 0.1) is 12.0 Å². The van der Waals surface area contributed by atoms with Crippen LogP contribution in [0, 0.1) is 10.1 Å². The van der Waals surface area contributed by atoms with Crippen LogP contribution in [0.15, 0.2) is 79.5 Å². The zero-order chi connectivity index (χ0) is 19.2. The van der Waals surface area contributed by atoms with E-state index in [9.17, 15) is 0 Å². The highest BCUT2D eigenvalue weighted by molar-refractivity contribution is 6.30. The van der Waals surface area contributed by atoms with E-state index >= 15 is 0 Å². The standard InChI is InChI=1S/C19H14ClN3.HNO3/c20-16-7-5-15(6-8-16)19(23-12-11-21-13-23)18-17-4-2-1-3-14(17)9-10-22-18;2-1(3)4/h1-13,19H;(H,2,3,4). The van der Waals surface area contributed by atoms with Gasteiger partial charge >= 0.3 is 0 Å². The molecule has 7 nitrogen and oxygen atoms in total. The molecule has 4 aromatic rings. The van der Waals surface area contributed by atoms with Crippen molar-refractivity contribution >= 4 is 22.4 Å². The minimum Gasteiger partial charge on any atom is -0.328 e. The Labute approximate surface area is 159 Å². The van der Waals surface area contributed by atoms with Gasteiger partial charge in [0.25, 0.3) is 5.09 Å². The van der Waals surface area contributed by atoms with E-state index in [1.54, 1.807) is 6.20 Å². The van der Waals surface area contributed by atoms with Gasteiger partial charge in [-0.1, -0.05) is 48.0 Å². The number of hydrogen-bond donors (Lipinski definition) is 1. The van der Waals surface area contributed by atoms with Crippen LogP contribution in [0.2, 0.25) is 5.02 Å². The van der Waals surface area contributed by atoms with Crippen molar-refractivity contribution in [1.29, 1.82) is 0 Å². The van der Waals surface area contributed by atoms with E-state index in [-0.39, 0.29) is 6.04 Å². The summed E-state index contributed by atoms with van der Waals surface area (Å²) >= 11 is 6.05. The fourth-order valence-corrected chi connectivity index (χ4v) is 3.03. The van der Waals surface area contributed by atoms with Crippen molar-refractivity contribution in [2.45, 2.75) is 6.04 Å². The van der Waals surface area contributed by atoms with Gasteiger partial charge in [0, 0.05) is 29.0 Å². The number of rotatable bonds is 3. The summed E-state index contributed by atoms with van der Waals surface area (Å²) in [5.41, 5.74) is 2.12. The lowest BCUT2D eigenvalue weighted by molar-refractivity contribution is -0.742. The molecule has 8 heteroatoms. The Kier molecular flexibility index (Phi) is 5.63. The lowest BCUT2D eigenvalue weighted by Crippen LogP contribution is -2.12. The van der Waals surface area contributed by atoms with Gasteiger partial charge < -0.3 is 9.77 Å². The highest BCUT2D eigenvalue weighted by Gasteiger charge is 2.19. The molecule has 0 radical (unpaired) electrons. The molecule has 0 saturated carbocycles. The Morgan fingerprint density at radius 3 is 2.44 bits per heavy atom. The summed E-state index contributed by atoms with van der Waals surface area (Å²) in [7, 11) is 0. The number of fused-ring (bicyclic) bond motifs is 1. The summed E-state index contributed by atoms with van der Waals surface area (Å²) in [6, 6.07) is 18.2. The van der Waals surface area contributed by atoms with E-state index in [1.807, 2.05) is 61.2 Å². The van der Waals surface area contributed by atoms with Crippen molar-refractivity contribution in [3.63, 3.8) is 0 Å². The van der Waals surface area contributed by atoms with Crippen LogP contribution in [0.1, 0.15) is 17.3 Å². The number of hydrogen-bond acceptors (Lipinski definition) is 4. The first kappa shape index (κ1) is 18.3. The molecule has 1 N–H and O–H groups in total. The summed E-state index contributed by atoms with van der Waals surface area (Å²) in [4.78, 5) is 17.2. The van der Waals surface area contributed by atoms with E-state index in [0.717, 1.165) is 21.7 Å². The van der Waals surface area contributed by atoms with Crippen LogP contribution in [0.25, 0.3) is 10.8 Å². The number of halogens is 1. The maximum absolute atomic E-state index is 8.36. The number of imidazole rings is 1. The Morgan fingerprint density at radius 2 is 1.78 bits per heavy atom. The lowest BCUT2D eigenvalue weighted by Gasteiger charge is -2.20. The van der Waals surface area contributed by atoms with Gasteiger partial charge in [-0.3, -0.25) is 4.98 Å². The molecule has 0 amide bonds. The summed E-state index contributed by atoms with van der Waals surface area (Å²) in [5, 5.41) is 16.7. The van der Waals surface area contributed by atoms with E-state index in [0.29, 0.717) is 0 Å². The minimum atomic E-state index is -1.50. The second-order valence-electron chi connectivity index (χ2n) is 5.62. The predicted octanol–water partition coefficient (Wildman–Crippen LogP) is 4.37. The minimum absolute atomic E-state index is 0.0409. The molecule has 0 saturated heterocycles. The zero-order valence-corrected chi connectivity index (χ0v) is 14.8. The lowest BCUT2D eigenvalue weighted by atomic mass is 9.98. The average molecular weight is 383 g/mol. The smallest absolute Gasteiger partial charge is 0.291 e. The molecule has 2 aromatic carbocycles. The molecule has 0 fully saturated rings.